The van der Waals surface area contributed by atoms with Crippen LogP contribution in [0.4, 0.5) is 5.13 Å². The second-order valence-electron chi connectivity index (χ2n) is 4.31. The molecule has 4 nitrogen and oxygen atoms in total. The van der Waals surface area contributed by atoms with Gasteiger partial charge in [0.25, 0.3) is 0 Å². The Labute approximate surface area is 125 Å². The van der Waals surface area contributed by atoms with E-state index in [0.717, 1.165) is 21.2 Å². The Morgan fingerprint density at radius 1 is 1.37 bits per heavy atom. The molecule has 0 aliphatic carbocycles. The lowest BCUT2D eigenvalue weighted by Crippen LogP contribution is -2.30. The number of rotatable bonds is 5. The first-order chi connectivity index (χ1) is 9.11. The molecule has 0 aliphatic rings. The molecule has 1 heterocycles. The molecule has 6 heteroatoms. The Morgan fingerprint density at radius 2 is 2.11 bits per heavy atom. The third-order valence-electron chi connectivity index (χ3n) is 3.06. The number of benzene rings is 1. The molecule has 0 saturated carbocycles. The Morgan fingerprint density at radius 3 is 2.74 bits per heavy atom. The van der Waals surface area contributed by atoms with Crippen LogP contribution in [0.2, 0.25) is 0 Å². The zero-order valence-electron chi connectivity index (χ0n) is 11.1. The molecule has 0 fully saturated rings. The van der Waals surface area contributed by atoms with Crippen LogP contribution < -0.4 is 9.64 Å². The maximum atomic E-state index is 5.38. The van der Waals surface area contributed by atoms with Gasteiger partial charge in [-0.2, -0.15) is 0 Å². The van der Waals surface area contributed by atoms with Gasteiger partial charge in [0, 0.05) is 13.1 Å². The van der Waals surface area contributed by atoms with E-state index in [1.165, 1.54) is 16.9 Å². The van der Waals surface area contributed by atoms with Gasteiger partial charge in [0.15, 0.2) is 3.92 Å². The van der Waals surface area contributed by atoms with Gasteiger partial charge in [-0.15, -0.1) is 10.2 Å². The predicted molar refractivity (Wildman–Crippen MR) is 82.2 cm³/mol. The highest BCUT2D eigenvalue weighted by molar-refractivity contribution is 9.11. The minimum absolute atomic E-state index is 0.316. The summed E-state index contributed by atoms with van der Waals surface area (Å²) in [6, 6.07) is 8.42. The van der Waals surface area contributed by atoms with Crippen molar-refractivity contribution in [3.63, 3.8) is 0 Å². The van der Waals surface area contributed by atoms with Gasteiger partial charge in [0.05, 0.1) is 7.11 Å². The highest BCUT2D eigenvalue weighted by atomic mass is 79.9. The summed E-state index contributed by atoms with van der Waals surface area (Å²) < 4.78 is 6.19. The van der Waals surface area contributed by atoms with Crippen molar-refractivity contribution in [2.24, 2.45) is 0 Å². The number of halogens is 1. The van der Waals surface area contributed by atoms with Gasteiger partial charge in [-0.1, -0.05) is 29.5 Å². The van der Waals surface area contributed by atoms with Crippen LogP contribution in [0.3, 0.4) is 0 Å². The lowest BCUT2D eigenvalue weighted by atomic mass is 10.1. The maximum absolute atomic E-state index is 5.38. The summed E-state index contributed by atoms with van der Waals surface area (Å²) in [6.45, 7) is 2.17. The number of likely N-dealkylation sites (N-methyl/N-ethyl adjacent to an activating group) is 1. The predicted octanol–water partition coefficient (Wildman–Crippen LogP) is 3.38. The third-order valence-corrected chi connectivity index (χ3v) is 4.51. The molecule has 0 spiro atoms. The lowest BCUT2D eigenvalue weighted by Gasteiger charge is -2.24. The number of para-hydroxylation sites is 1. The zero-order chi connectivity index (χ0) is 13.8. The van der Waals surface area contributed by atoms with Gasteiger partial charge in [-0.05, 0) is 40.9 Å². The van der Waals surface area contributed by atoms with E-state index in [1.807, 2.05) is 25.2 Å². The number of nitrogens with zero attached hydrogens (tertiary/aromatic N) is 3. The van der Waals surface area contributed by atoms with Crippen LogP contribution in [-0.4, -0.2) is 30.4 Å². The van der Waals surface area contributed by atoms with Crippen LogP contribution in [0.5, 0.6) is 5.75 Å². The molecular weight excluding hydrogens is 326 g/mol. The maximum Gasteiger partial charge on any atom is 0.209 e. The van der Waals surface area contributed by atoms with Crippen molar-refractivity contribution < 1.29 is 4.74 Å². The minimum Gasteiger partial charge on any atom is -0.496 e. The van der Waals surface area contributed by atoms with Gasteiger partial charge in [0.1, 0.15) is 5.75 Å². The first-order valence-electron chi connectivity index (χ1n) is 5.95. The summed E-state index contributed by atoms with van der Waals surface area (Å²) >= 11 is 4.87. The van der Waals surface area contributed by atoms with Gasteiger partial charge >= 0.3 is 0 Å². The number of hydrogen-bond donors (Lipinski definition) is 0. The summed E-state index contributed by atoms with van der Waals surface area (Å²) in [5.41, 5.74) is 1.20. The van der Waals surface area contributed by atoms with Crippen LogP contribution in [0, 0.1) is 0 Å². The number of methoxy groups -OCH3 is 1. The number of aromatic nitrogens is 2. The molecule has 2 rings (SSSR count). The normalized spacial score (nSPS) is 12.2. The van der Waals surface area contributed by atoms with Crippen LogP contribution in [0.15, 0.2) is 28.2 Å². The van der Waals surface area contributed by atoms with E-state index < -0.39 is 0 Å². The van der Waals surface area contributed by atoms with Crippen LogP contribution >= 0.6 is 27.3 Å². The van der Waals surface area contributed by atoms with E-state index in [9.17, 15) is 0 Å². The third kappa shape index (κ3) is 3.45. The average Bonchev–Trinajstić information content (AvgIpc) is 2.85. The Bertz CT molecular complexity index is 546. The first kappa shape index (κ1) is 14.3. The van der Waals surface area contributed by atoms with Crippen LogP contribution in [-0.2, 0) is 6.42 Å². The highest BCUT2D eigenvalue weighted by Gasteiger charge is 2.16. The van der Waals surface area contributed by atoms with Gasteiger partial charge in [-0.25, -0.2) is 0 Å². The Hall–Kier alpha value is -1.14. The van der Waals surface area contributed by atoms with Crippen LogP contribution in [0.25, 0.3) is 0 Å². The molecule has 102 valence electrons. The summed E-state index contributed by atoms with van der Waals surface area (Å²) in [6.07, 6.45) is 0.901. The smallest absolute Gasteiger partial charge is 0.209 e. The SMILES string of the molecule is COc1ccccc1CC(C)N(C)c1nnc(Br)s1. The van der Waals surface area contributed by atoms with E-state index in [-0.39, 0.29) is 0 Å². The lowest BCUT2D eigenvalue weighted by molar-refractivity contribution is 0.408. The molecule has 0 radical (unpaired) electrons. The molecule has 0 saturated heterocycles. The first-order valence-corrected chi connectivity index (χ1v) is 7.56. The second kappa shape index (κ2) is 6.34. The Kier molecular flexibility index (Phi) is 4.76. The van der Waals surface area contributed by atoms with Crippen LogP contribution in [0.1, 0.15) is 12.5 Å². The summed E-state index contributed by atoms with van der Waals surface area (Å²) in [5.74, 6) is 0.932. The molecule has 1 aromatic heterocycles. The van der Waals surface area contributed by atoms with E-state index >= 15 is 0 Å². The monoisotopic (exact) mass is 341 g/mol. The Balaban J connectivity index is 2.10. The summed E-state index contributed by atoms with van der Waals surface area (Å²) in [7, 11) is 3.74. The van der Waals surface area contributed by atoms with E-state index in [1.54, 1.807) is 7.11 Å². The summed E-state index contributed by atoms with van der Waals surface area (Å²) in [4.78, 5) is 2.13. The highest BCUT2D eigenvalue weighted by Crippen LogP contribution is 2.26. The fourth-order valence-corrected chi connectivity index (χ4v) is 3.01. The summed E-state index contributed by atoms with van der Waals surface area (Å²) in [5, 5.41) is 9.03. The van der Waals surface area contributed by atoms with Crippen molar-refractivity contribution in [1.82, 2.24) is 10.2 Å². The molecular formula is C13H16BrN3OS. The van der Waals surface area contributed by atoms with Gasteiger partial charge < -0.3 is 9.64 Å². The molecule has 0 bridgehead atoms. The molecule has 1 aromatic carbocycles. The van der Waals surface area contributed by atoms with Crippen molar-refractivity contribution in [2.75, 3.05) is 19.1 Å². The van der Waals surface area contributed by atoms with Gasteiger partial charge in [-0.3, -0.25) is 0 Å². The average molecular weight is 342 g/mol. The molecule has 2 aromatic rings. The topological polar surface area (TPSA) is 38.2 Å². The number of anilines is 1. The van der Waals surface area contributed by atoms with Crippen molar-refractivity contribution >= 4 is 32.4 Å². The molecule has 0 N–H and O–H groups in total. The molecule has 1 atom stereocenters. The largest absolute Gasteiger partial charge is 0.496 e. The van der Waals surface area contributed by atoms with Crippen molar-refractivity contribution in [3.8, 4) is 5.75 Å². The minimum atomic E-state index is 0.316. The fraction of sp³-hybridized carbons (Fsp3) is 0.385. The van der Waals surface area contributed by atoms with Crippen molar-refractivity contribution in [3.05, 3.63) is 33.7 Å². The molecule has 0 amide bonds. The fourth-order valence-electron chi connectivity index (χ4n) is 1.86. The number of hydrogen-bond acceptors (Lipinski definition) is 5. The number of ether oxygens (including phenoxy) is 1. The quantitative estimate of drug-likeness (QED) is 0.835. The molecule has 1 unspecified atom stereocenters. The van der Waals surface area contributed by atoms with Crippen molar-refractivity contribution in [1.29, 1.82) is 0 Å². The zero-order valence-corrected chi connectivity index (χ0v) is 13.5. The van der Waals surface area contributed by atoms with Gasteiger partial charge in [0.2, 0.25) is 5.13 Å². The van der Waals surface area contributed by atoms with E-state index in [2.05, 4.69) is 44.0 Å². The molecule has 0 aliphatic heterocycles. The van der Waals surface area contributed by atoms with Crippen molar-refractivity contribution in [2.45, 2.75) is 19.4 Å². The molecule has 19 heavy (non-hydrogen) atoms. The standard InChI is InChI=1S/C13H16BrN3OS/c1-9(17(2)13-16-15-12(14)19-13)8-10-6-4-5-7-11(10)18-3/h4-7,9H,8H2,1-3H3. The van der Waals surface area contributed by atoms with E-state index in [0.29, 0.717) is 6.04 Å². The van der Waals surface area contributed by atoms with E-state index in [4.69, 9.17) is 4.74 Å². The second-order valence-corrected chi connectivity index (χ2v) is 6.55.